The maximum Gasteiger partial charge on any atom is 0.201 e. The fraction of sp³-hybridized carbons (Fsp3) is 0.440. The van der Waals surface area contributed by atoms with E-state index in [0.717, 1.165) is 25.7 Å². The topological polar surface area (TPSA) is 9.23 Å². The minimum atomic E-state index is -1.04. The van der Waals surface area contributed by atoms with Crippen LogP contribution in [0.25, 0.3) is 11.1 Å². The Bertz CT molecular complexity index is 873. The molecule has 0 bridgehead atoms. The average molecular weight is 403 g/mol. The summed E-state index contributed by atoms with van der Waals surface area (Å²) in [5.74, 6) is -2.40. The quantitative estimate of drug-likeness (QED) is 0.322. The molecule has 2 aromatic rings. The molecule has 4 heteroatoms. The number of hydrogen-bond donors (Lipinski definition) is 0. The van der Waals surface area contributed by atoms with Crippen LogP contribution in [0.1, 0.15) is 70.3 Å². The molecule has 0 N–H and O–H groups in total. The van der Waals surface area contributed by atoms with Gasteiger partial charge in [0.1, 0.15) is 5.82 Å². The molecule has 0 aliphatic heterocycles. The van der Waals surface area contributed by atoms with Crippen LogP contribution >= 0.6 is 0 Å². The number of unbranched alkanes of at least 4 members (excludes halogenated alkanes) is 2. The van der Waals surface area contributed by atoms with Crippen molar-refractivity contribution >= 4 is 0 Å². The molecule has 1 unspecified atom stereocenters. The van der Waals surface area contributed by atoms with E-state index in [9.17, 15) is 13.2 Å². The molecule has 0 aromatic heterocycles. The highest BCUT2D eigenvalue weighted by Crippen LogP contribution is 2.37. The van der Waals surface area contributed by atoms with Crippen LogP contribution in [-0.2, 0) is 0 Å². The van der Waals surface area contributed by atoms with Gasteiger partial charge >= 0.3 is 0 Å². The van der Waals surface area contributed by atoms with Crippen molar-refractivity contribution < 1.29 is 17.9 Å². The average Bonchev–Trinajstić information content (AvgIpc) is 2.72. The Labute approximate surface area is 171 Å². The van der Waals surface area contributed by atoms with Gasteiger partial charge in [-0.15, -0.1) is 0 Å². The molecule has 0 fully saturated rings. The Kier molecular flexibility index (Phi) is 7.40. The van der Waals surface area contributed by atoms with Crippen LogP contribution < -0.4 is 4.74 Å². The van der Waals surface area contributed by atoms with Gasteiger partial charge in [-0.3, -0.25) is 0 Å². The fourth-order valence-electron chi connectivity index (χ4n) is 4.05. The van der Waals surface area contributed by atoms with Crippen molar-refractivity contribution in [1.82, 2.24) is 0 Å². The maximum absolute atomic E-state index is 14.8. The number of halogens is 3. The molecule has 3 rings (SSSR count). The number of ether oxygens (including phenoxy) is 1. The van der Waals surface area contributed by atoms with E-state index in [4.69, 9.17) is 4.74 Å². The third-order valence-corrected chi connectivity index (χ3v) is 5.70. The van der Waals surface area contributed by atoms with E-state index in [0.29, 0.717) is 11.1 Å². The maximum atomic E-state index is 14.8. The van der Waals surface area contributed by atoms with Crippen LogP contribution in [0.4, 0.5) is 13.2 Å². The summed E-state index contributed by atoms with van der Waals surface area (Å²) in [4.78, 5) is 0. The molecule has 0 amide bonds. The predicted octanol–water partition coefficient (Wildman–Crippen LogP) is 7.94. The first-order valence-electron chi connectivity index (χ1n) is 10.6. The van der Waals surface area contributed by atoms with E-state index in [1.807, 2.05) is 0 Å². The van der Waals surface area contributed by atoms with Gasteiger partial charge in [-0.2, -0.15) is 4.39 Å². The molecule has 0 heterocycles. The first-order chi connectivity index (χ1) is 14.0. The van der Waals surface area contributed by atoms with Crippen LogP contribution in [0.2, 0.25) is 0 Å². The van der Waals surface area contributed by atoms with Gasteiger partial charge in [-0.05, 0) is 74.3 Å². The van der Waals surface area contributed by atoms with Crippen LogP contribution in [0.5, 0.6) is 5.75 Å². The number of benzene rings is 2. The number of hydrogen-bond acceptors (Lipinski definition) is 1. The Hall–Kier alpha value is -2.23. The minimum absolute atomic E-state index is 0.0400. The first kappa shape index (κ1) is 21.5. The van der Waals surface area contributed by atoms with Crippen molar-refractivity contribution in [3.63, 3.8) is 0 Å². The van der Waals surface area contributed by atoms with E-state index in [1.165, 1.54) is 43.0 Å². The summed E-state index contributed by atoms with van der Waals surface area (Å²) in [6, 6.07) is 7.53. The Morgan fingerprint density at radius 3 is 2.48 bits per heavy atom. The summed E-state index contributed by atoms with van der Waals surface area (Å²) in [5.41, 5.74) is 2.51. The Morgan fingerprint density at radius 1 is 1.00 bits per heavy atom. The van der Waals surface area contributed by atoms with E-state index in [1.54, 1.807) is 19.1 Å². The highest BCUT2D eigenvalue weighted by molar-refractivity contribution is 5.66. The highest BCUT2D eigenvalue weighted by atomic mass is 19.2. The van der Waals surface area contributed by atoms with Gasteiger partial charge in [-0.25, -0.2) is 8.78 Å². The largest absolute Gasteiger partial charge is 0.491 e. The molecule has 0 spiro atoms. The summed E-state index contributed by atoms with van der Waals surface area (Å²) in [6.07, 6.45) is 9.87. The van der Waals surface area contributed by atoms with Gasteiger partial charge in [0, 0.05) is 5.56 Å². The molecule has 1 aliphatic carbocycles. The Balaban J connectivity index is 1.76. The molecule has 1 aliphatic rings. The van der Waals surface area contributed by atoms with Gasteiger partial charge < -0.3 is 4.74 Å². The van der Waals surface area contributed by atoms with Gasteiger partial charge in [0.05, 0.1) is 6.61 Å². The summed E-state index contributed by atoms with van der Waals surface area (Å²) in [5, 5.41) is 0. The minimum Gasteiger partial charge on any atom is -0.491 e. The fourth-order valence-corrected chi connectivity index (χ4v) is 4.05. The normalized spacial score (nSPS) is 16.6. The van der Waals surface area contributed by atoms with Crippen LogP contribution in [-0.4, -0.2) is 6.61 Å². The second-order valence-corrected chi connectivity index (χ2v) is 7.70. The molecule has 1 atom stereocenters. The molecule has 0 saturated heterocycles. The zero-order valence-corrected chi connectivity index (χ0v) is 17.2. The van der Waals surface area contributed by atoms with E-state index >= 15 is 0 Å². The molecular weight excluding hydrogens is 373 g/mol. The smallest absolute Gasteiger partial charge is 0.201 e. The highest BCUT2D eigenvalue weighted by Gasteiger charge is 2.21. The van der Waals surface area contributed by atoms with Crippen molar-refractivity contribution in [3.8, 4) is 16.9 Å². The van der Waals surface area contributed by atoms with Crippen LogP contribution in [0.15, 0.2) is 42.0 Å². The number of allylic oxidation sites excluding steroid dienone is 2. The summed E-state index contributed by atoms with van der Waals surface area (Å²) >= 11 is 0. The zero-order valence-electron chi connectivity index (χ0n) is 17.2. The van der Waals surface area contributed by atoms with Gasteiger partial charge in [0.25, 0.3) is 0 Å². The molecule has 156 valence electrons. The lowest BCUT2D eigenvalue weighted by Crippen LogP contribution is -2.07. The van der Waals surface area contributed by atoms with Gasteiger partial charge in [0.15, 0.2) is 11.6 Å². The lowest BCUT2D eigenvalue weighted by Gasteiger charge is -2.23. The molecule has 0 saturated carbocycles. The van der Waals surface area contributed by atoms with Crippen LogP contribution in [0.3, 0.4) is 0 Å². The third kappa shape index (κ3) is 5.04. The molecule has 29 heavy (non-hydrogen) atoms. The van der Waals surface area contributed by atoms with Crippen molar-refractivity contribution in [2.75, 3.05) is 6.61 Å². The third-order valence-electron chi connectivity index (χ3n) is 5.70. The molecule has 0 radical (unpaired) electrons. The SMILES string of the molecule is CCCCCC1=CCC(c2ccc(-c3ccc(OCC)c(F)c3F)cc2F)CC1. The number of rotatable bonds is 8. The van der Waals surface area contributed by atoms with E-state index < -0.39 is 11.6 Å². The second-order valence-electron chi connectivity index (χ2n) is 7.70. The van der Waals surface area contributed by atoms with E-state index in [2.05, 4.69) is 13.0 Å². The van der Waals surface area contributed by atoms with E-state index in [-0.39, 0.29) is 29.7 Å². The second kappa shape index (κ2) is 10.00. The molecular formula is C25H29F3O. The predicted molar refractivity (Wildman–Crippen MR) is 112 cm³/mol. The molecule has 2 aromatic carbocycles. The first-order valence-corrected chi connectivity index (χ1v) is 10.6. The monoisotopic (exact) mass is 402 g/mol. The summed E-state index contributed by atoms with van der Waals surface area (Å²) in [6.45, 7) is 4.15. The van der Waals surface area contributed by atoms with Crippen molar-refractivity contribution in [1.29, 1.82) is 0 Å². The van der Waals surface area contributed by atoms with Crippen molar-refractivity contribution in [2.24, 2.45) is 0 Å². The standard InChI is InChI=1S/C25H29F3O/c1-3-5-6-7-17-8-10-18(11-9-17)20-13-12-19(16-22(20)26)21-14-15-23(29-4-2)25(28)24(21)27/h8,12-16,18H,3-7,9-11H2,1-2H3. The Morgan fingerprint density at radius 2 is 1.83 bits per heavy atom. The lowest BCUT2D eigenvalue weighted by molar-refractivity contribution is 0.314. The summed E-state index contributed by atoms with van der Waals surface area (Å²) < 4.78 is 48.5. The van der Waals surface area contributed by atoms with Gasteiger partial charge in [0.2, 0.25) is 5.82 Å². The zero-order chi connectivity index (χ0) is 20.8. The van der Waals surface area contributed by atoms with Crippen LogP contribution in [0, 0.1) is 17.5 Å². The molecule has 1 nitrogen and oxygen atoms in total. The van der Waals surface area contributed by atoms with Crippen molar-refractivity contribution in [2.45, 2.75) is 64.7 Å². The lowest BCUT2D eigenvalue weighted by atomic mass is 9.82. The summed E-state index contributed by atoms with van der Waals surface area (Å²) in [7, 11) is 0. The van der Waals surface area contributed by atoms with Gasteiger partial charge in [-0.1, -0.05) is 43.5 Å². The van der Waals surface area contributed by atoms with Crippen molar-refractivity contribution in [3.05, 3.63) is 65.0 Å².